The zero-order valence-corrected chi connectivity index (χ0v) is 16.6. The van der Waals surface area contributed by atoms with Crippen LogP contribution in [-0.4, -0.2) is 51.0 Å². The molecule has 144 valence electrons. The summed E-state index contributed by atoms with van der Waals surface area (Å²) in [5.41, 5.74) is 1.66. The second kappa shape index (κ2) is 8.66. The van der Waals surface area contributed by atoms with Gasteiger partial charge in [0.25, 0.3) is 0 Å². The SMILES string of the molecule is CCCCN(C)C(=O)CCS(=O)(=O)c1ccc2c(c1)CCCN2C(C)=O. The number of benzene rings is 1. The summed E-state index contributed by atoms with van der Waals surface area (Å²) in [6.45, 7) is 4.87. The van der Waals surface area contributed by atoms with Crippen molar-refractivity contribution in [2.24, 2.45) is 0 Å². The fourth-order valence-corrected chi connectivity index (χ4v) is 4.42. The van der Waals surface area contributed by atoms with Crippen molar-refractivity contribution >= 4 is 27.3 Å². The van der Waals surface area contributed by atoms with E-state index in [1.165, 1.54) is 6.92 Å². The Kier molecular flexibility index (Phi) is 6.81. The van der Waals surface area contributed by atoms with Gasteiger partial charge in [-0.2, -0.15) is 0 Å². The molecule has 0 atom stereocenters. The van der Waals surface area contributed by atoms with Gasteiger partial charge in [-0.25, -0.2) is 8.42 Å². The summed E-state index contributed by atoms with van der Waals surface area (Å²) in [5.74, 6) is -0.387. The highest BCUT2D eigenvalue weighted by Gasteiger charge is 2.24. The summed E-state index contributed by atoms with van der Waals surface area (Å²) in [5, 5.41) is 0. The summed E-state index contributed by atoms with van der Waals surface area (Å²) in [6, 6.07) is 4.91. The van der Waals surface area contributed by atoms with Crippen molar-refractivity contribution in [2.45, 2.75) is 50.8 Å². The van der Waals surface area contributed by atoms with Gasteiger partial charge in [0.05, 0.1) is 10.6 Å². The van der Waals surface area contributed by atoms with E-state index in [1.54, 1.807) is 35.0 Å². The van der Waals surface area contributed by atoms with Crippen molar-refractivity contribution in [2.75, 3.05) is 30.8 Å². The molecule has 0 bridgehead atoms. The van der Waals surface area contributed by atoms with Gasteiger partial charge in [-0.3, -0.25) is 9.59 Å². The lowest BCUT2D eigenvalue weighted by atomic mass is 10.0. The van der Waals surface area contributed by atoms with Gasteiger partial charge in [0, 0.05) is 39.2 Å². The van der Waals surface area contributed by atoms with Crippen molar-refractivity contribution in [3.8, 4) is 0 Å². The fourth-order valence-electron chi connectivity index (χ4n) is 3.14. The number of hydrogen-bond acceptors (Lipinski definition) is 4. The normalized spacial score (nSPS) is 14.0. The molecule has 2 amide bonds. The molecular formula is C19H28N2O4S. The van der Waals surface area contributed by atoms with Gasteiger partial charge in [-0.05, 0) is 43.0 Å². The molecule has 6 nitrogen and oxygen atoms in total. The lowest BCUT2D eigenvalue weighted by molar-refractivity contribution is -0.129. The maximum absolute atomic E-state index is 12.6. The van der Waals surface area contributed by atoms with Crippen LogP contribution in [0.15, 0.2) is 23.1 Å². The van der Waals surface area contributed by atoms with E-state index in [2.05, 4.69) is 0 Å². The number of aryl methyl sites for hydroxylation is 1. The van der Waals surface area contributed by atoms with Crippen molar-refractivity contribution in [1.82, 2.24) is 4.90 Å². The Morgan fingerprint density at radius 3 is 2.65 bits per heavy atom. The highest BCUT2D eigenvalue weighted by atomic mass is 32.2. The number of sulfone groups is 1. The molecule has 1 aromatic carbocycles. The molecule has 0 saturated heterocycles. The second-order valence-corrected chi connectivity index (χ2v) is 8.91. The molecule has 7 heteroatoms. The van der Waals surface area contributed by atoms with Gasteiger partial charge >= 0.3 is 0 Å². The first-order valence-electron chi connectivity index (χ1n) is 9.14. The minimum atomic E-state index is -3.53. The van der Waals surface area contributed by atoms with E-state index in [4.69, 9.17) is 0 Å². The third-order valence-electron chi connectivity index (χ3n) is 4.77. The standard InChI is InChI=1S/C19H28N2O4S/c1-4-5-11-20(3)19(23)10-13-26(24,25)17-8-9-18-16(14-17)7-6-12-21(18)15(2)22/h8-9,14H,4-7,10-13H2,1-3H3. The highest BCUT2D eigenvalue weighted by molar-refractivity contribution is 7.91. The zero-order valence-electron chi connectivity index (χ0n) is 15.8. The predicted octanol–water partition coefficient (Wildman–Crippen LogP) is 2.41. The lowest BCUT2D eigenvalue weighted by Crippen LogP contribution is -2.33. The maximum atomic E-state index is 12.6. The van der Waals surface area contributed by atoms with Crippen LogP contribution in [0.2, 0.25) is 0 Å². The van der Waals surface area contributed by atoms with Crippen LogP contribution in [0.1, 0.15) is 45.1 Å². The molecule has 0 aromatic heterocycles. The summed E-state index contributed by atoms with van der Waals surface area (Å²) in [4.78, 5) is 27.3. The molecule has 1 aliphatic heterocycles. The van der Waals surface area contributed by atoms with Crippen LogP contribution in [-0.2, 0) is 25.8 Å². The van der Waals surface area contributed by atoms with Crippen LogP contribution < -0.4 is 4.90 Å². The quantitative estimate of drug-likeness (QED) is 0.728. The minimum absolute atomic E-state index is 0.0147. The number of anilines is 1. The fraction of sp³-hybridized carbons (Fsp3) is 0.579. The monoisotopic (exact) mass is 380 g/mol. The van der Waals surface area contributed by atoms with Crippen LogP contribution in [0.3, 0.4) is 0 Å². The molecule has 0 fully saturated rings. The number of carbonyl (C=O) groups excluding carboxylic acids is 2. The van der Waals surface area contributed by atoms with Crippen molar-refractivity contribution in [3.05, 3.63) is 23.8 Å². The first-order chi connectivity index (χ1) is 12.3. The van der Waals surface area contributed by atoms with E-state index in [9.17, 15) is 18.0 Å². The van der Waals surface area contributed by atoms with Gasteiger partial charge in [-0.15, -0.1) is 0 Å². The van der Waals surface area contributed by atoms with Crippen LogP contribution in [0, 0.1) is 0 Å². The van der Waals surface area contributed by atoms with Crippen LogP contribution >= 0.6 is 0 Å². The average Bonchev–Trinajstić information content (AvgIpc) is 2.62. The lowest BCUT2D eigenvalue weighted by Gasteiger charge is -2.28. The molecule has 2 rings (SSSR count). The number of nitrogens with zero attached hydrogens (tertiary/aromatic N) is 2. The summed E-state index contributed by atoms with van der Waals surface area (Å²) < 4.78 is 25.2. The number of unbranched alkanes of at least 4 members (excludes halogenated alkanes) is 1. The van der Waals surface area contributed by atoms with Crippen molar-refractivity contribution in [1.29, 1.82) is 0 Å². The van der Waals surface area contributed by atoms with Gasteiger partial charge in [0.15, 0.2) is 9.84 Å². The summed E-state index contributed by atoms with van der Waals surface area (Å²) >= 11 is 0. The van der Waals surface area contributed by atoms with Crippen LogP contribution in [0.4, 0.5) is 5.69 Å². The number of amides is 2. The molecule has 1 aromatic rings. The van der Waals surface area contributed by atoms with E-state index in [0.717, 1.165) is 36.9 Å². The first-order valence-corrected chi connectivity index (χ1v) is 10.8. The van der Waals surface area contributed by atoms with Gasteiger partial charge in [-0.1, -0.05) is 13.3 Å². The Balaban J connectivity index is 2.10. The maximum Gasteiger partial charge on any atom is 0.223 e. The van der Waals surface area contributed by atoms with Crippen molar-refractivity contribution < 1.29 is 18.0 Å². The molecule has 0 radical (unpaired) electrons. The predicted molar refractivity (Wildman–Crippen MR) is 102 cm³/mol. The molecule has 0 aliphatic carbocycles. The van der Waals surface area contributed by atoms with Gasteiger partial charge in [0.1, 0.15) is 0 Å². The second-order valence-electron chi connectivity index (χ2n) is 6.80. The van der Waals surface area contributed by atoms with E-state index >= 15 is 0 Å². The van der Waals surface area contributed by atoms with Gasteiger partial charge < -0.3 is 9.80 Å². The van der Waals surface area contributed by atoms with E-state index in [1.807, 2.05) is 6.92 Å². The molecule has 0 saturated carbocycles. The minimum Gasteiger partial charge on any atom is -0.346 e. The van der Waals surface area contributed by atoms with E-state index in [0.29, 0.717) is 13.1 Å². The van der Waals surface area contributed by atoms with Crippen LogP contribution in [0.25, 0.3) is 0 Å². The Morgan fingerprint density at radius 2 is 2.00 bits per heavy atom. The molecule has 0 spiro atoms. The molecule has 1 aliphatic rings. The number of rotatable bonds is 7. The Hall–Kier alpha value is -1.89. The highest BCUT2D eigenvalue weighted by Crippen LogP contribution is 2.30. The topological polar surface area (TPSA) is 74.8 Å². The Labute approximate surface area is 156 Å². The summed E-state index contributed by atoms with van der Waals surface area (Å²) in [6.07, 6.45) is 3.45. The van der Waals surface area contributed by atoms with E-state index in [-0.39, 0.29) is 28.9 Å². The zero-order chi connectivity index (χ0) is 19.3. The largest absolute Gasteiger partial charge is 0.346 e. The molecule has 0 unspecified atom stereocenters. The smallest absolute Gasteiger partial charge is 0.223 e. The number of fused-ring (bicyclic) bond motifs is 1. The number of hydrogen-bond donors (Lipinski definition) is 0. The summed E-state index contributed by atoms with van der Waals surface area (Å²) in [7, 11) is -1.82. The Morgan fingerprint density at radius 1 is 1.27 bits per heavy atom. The van der Waals surface area contributed by atoms with Gasteiger partial charge in [0.2, 0.25) is 11.8 Å². The molecular weight excluding hydrogens is 352 g/mol. The van der Waals surface area contributed by atoms with Crippen LogP contribution in [0.5, 0.6) is 0 Å². The molecule has 0 N–H and O–H groups in total. The van der Waals surface area contributed by atoms with E-state index < -0.39 is 9.84 Å². The molecule has 26 heavy (non-hydrogen) atoms. The third-order valence-corrected chi connectivity index (χ3v) is 6.48. The molecule has 1 heterocycles. The first kappa shape index (κ1) is 20.4. The number of carbonyl (C=O) groups is 2. The average molecular weight is 381 g/mol. The Bertz CT molecular complexity index is 774. The van der Waals surface area contributed by atoms with Crippen molar-refractivity contribution in [3.63, 3.8) is 0 Å². The third kappa shape index (κ3) is 4.84.